The van der Waals surface area contributed by atoms with Gasteiger partial charge in [-0.3, -0.25) is 9.59 Å². The van der Waals surface area contributed by atoms with Crippen LogP contribution < -0.4 is 5.32 Å². The summed E-state index contributed by atoms with van der Waals surface area (Å²) in [5, 5.41) is 2.68. The molecule has 2 rings (SSSR count). The van der Waals surface area contributed by atoms with Crippen LogP contribution in [-0.4, -0.2) is 11.7 Å². The van der Waals surface area contributed by atoms with E-state index in [0.717, 1.165) is 0 Å². The molecule has 0 spiro atoms. The molecule has 1 saturated carbocycles. The van der Waals surface area contributed by atoms with E-state index in [9.17, 15) is 14.0 Å². The zero-order chi connectivity index (χ0) is 13.3. The fraction of sp³-hybridized carbons (Fsp3) is 0.429. The molecule has 18 heavy (non-hydrogen) atoms. The largest absolute Gasteiger partial charge is 0.325 e. The van der Waals surface area contributed by atoms with Crippen molar-refractivity contribution in [3.63, 3.8) is 0 Å². The van der Waals surface area contributed by atoms with Gasteiger partial charge in [0.15, 0.2) is 5.78 Å². The topological polar surface area (TPSA) is 46.2 Å². The Morgan fingerprint density at radius 3 is 2.22 bits per heavy atom. The molecule has 0 bridgehead atoms. The molecule has 1 aliphatic carbocycles. The van der Waals surface area contributed by atoms with E-state index in [1.807, 2.05) is 0 Å². The Kier molecular flexibility index (Phi) is 3.20. The second-order valence-electron chi connectivity index (χ2n) is 5.06. The van der Waals surface area contributed by atoms with E-state index < -0.39 is 5.41 Å². The van der Waals surface area contributed by atoms with Crippen LogP contribution in [0, 0.1) is 17.2 Å². The number of hydrogen-bond acceptors (Lipinski definition) is 2. The summed E-state index contributed by atoms with van der Waals surface area (Å²) in [5.74, 6) is -0.784. The van der Waals surface area contributed by atoms with E-state index in [-0.39, 0.29) is 23.4 Å². The van der Waals surface area contributed by atoms with E-state index in [1.54, 1.807) is 13.8 Å². The molecule has 1 fully saturated rings. The van der Waals surface area contributed by atoms with Crippen molar-refractivity contribution < 1.29 is 14.0 Å². The summed E-state index contributed by atoms with van der Waals surface area (Å²) < 4.78 is 12.7. The average Bonchev–Trinajstić information content (AvgIpc) is 3.12. The standard InChI is InChI=1S/C14H16FNO2/c1-9(2)12(17)14(7-8-14)13(18)16-11-5-3-10(15)4-6-11/h3-6,9H,7-8H2,1-2H3,(H,16,18). The number of benzene rings is 1. The van der Waals surface area contributed by atoms with Crippen molar-refractivity contribution in [2.24, 2.45) is 11.3 Å². The van der Waals surface area contributed by atoms with Gasteiger partial charge in [-0.2, -0.15) is 0 Å². The lowest BCUT2D eigenvalue weighted by Crippen LogP contribution is -2.34. The number of Topliss-reactive ketones (excluding diaryl/α,β-unsaturated/α-hetero) is 1. The third-order valence-corrected chi connectivity index (χ3v) is 3.28. The third kappa shape index (κ3) is 2.28. The Labute approximate surface area is 105 Å². The average molecular weight is 249 g/mol. The third-order valence-electron chi connectivity index (χ3n) is 3.28. The van der Waals surface area contributed by atoms with Crippen LogP contribution in [0.4, 0.5) is 10.1 Å². The zero-order valence-electron chi connectivity index (χ0n) is 10.5. The van der Waals surface area contributed by atoms with Crippen LogP contribution in [-0.2, 0) is 9.59 Å². The van der Waals surface area contributed by atoms with Crippen LogP contribution in [0.2, 0.25) is 0 Å². The quantitative estimate of drug-likeness (QED) is 0.834. The van der Waals surface area contributed by atoms with Crippen molar-refractivity contribution in [1.29, 1.82) is 0 Å². The van der Waals surface area contributed by atoms with Gasteiger partial charge in [0.25, 0.3) is 0 Å². The summed E-state index contributed by atoms with van der Waals surface area (Å²) in [7, 11) is 0. The Bertz CT molecular complexity index is 475. The lowest BCUT2D eigenvalue weighted by atomic mass is 9.91. The molecule has 0 radical (unpaired) electrons. The predicted molar refractivity (Wildman–Crippen MR) is 66.5 cm³/mol. The minimum atomic E-state index is -0.845. The number of anilines is 1. The minimum Gasteiger partial charge on any atom is -0.325 e. The lowest BCUT2D eigenvalue weighted by molar-refractivity contribution is -0.135. The number of rotatable bonds is 4. The van der Waals surface area contributed by atoms with Crippen molar-refractivity contribution in [1.82, 2.24) is 0 Å². The van der Waals surface area contributed by atoms with Gasteiger partial charge in [0.1, 0.15) is 11.2 Å². The van der Waals surface area contributed by atoms with Crippen LogP contribution in [0.3, 0.4) is 0 Å². The molecule has 0 unspecified atom stereocenters. The van der Waals surface area contributed by atoms with Crippen LogP contribution in [0.25, 0.3) is 0 Å². The van der Waals surface area contributed by atoms with Crippen molar-refractivity contribution in [2.45, 2.75) is 26.7 Å². The number of carbonyl (C=O) groups is 2. The molecule has 1 aromatic carbocycles. The summed E-state index contributed by atoms with van der Waals surface area (Å²) in [6.45, 7) is 3.60. The van der Waals surface area contributed by atoms with E-state index in [4.69, 9.17) is 0 Å². The molecule has 0 aromatic heterocycles. The SMILES string of the molecule is CC(C)C(=O)C1(C(=O)Nc2ccc(F)cc2)CC1. The molecule has 0 aliphatic heterocycles. The number of carbonyl (C=O) groups excluding carboxylic acids is 2. The molecule has 3 nitrogen and oxygen atoms in total. The van der Waals surface area contributed by atoms with Gasteiger partial charge in [-0.25, -0.2) is 4.39 Å². The van der Waals surface area contributed by atoms with E-state index in [1.165, 1.54) is 24.3 Å². The van der Waals surface area contributed by atoms with Crippen LogP contribution in [0.15, 0.2) is 24.3 Å². The summed E-state index contributed by atoms with van der Waals surface area (Å²) >= 11 is 0. The molecule has 1 aromatic rings. The molecule has 0 atom stereocenters. The van der Waals surface area contributed by atoms with Crippen molar-refractivity contribution in [2.75, 3.05) is 5.32 Å². The first-order valence-electron chi connectivity index (χ1n) is 6.07. The highest BCUT2D eigenvalue weighted by atomic mass is 19.1. The first-order valence-corrected chi connectivity index (χ1v) is 6.07. The maximum Gasteiger partial charge on any atom is 0.238 e. The minimum absolute atomic E-state index is 0.0119. The van der Waals surface area contributed by atoms with Gasteiger partial charge in [0.2, 0.25) is 5.91 Å². The van der Waals surface area contributed by atoms with Crippen LogP contribution >= 0.6 is 0 Å². The van der Waals surface area contributed by atoms with Crippen molar-refractivity contribution >= 4 is 17.4 Å². The normalized spacial score (nSPS) is 16.4. The first kappa shape index (κ1) is 12.7. The second-order valence-corrected chi connectivity index (χ2v) is 5.06. The second kappa shape index (κ2) is 4.52. The Morgan fingerprint density at radius 1 is 1.22 bits per heavy atom. The van der Waals surface area contributed by atoms with Gasteiger partial charge in [-0.1, -0.05) is 13.8 Å². The highest BCUT2D eigenvalue weighted by Gasteiger charge is 2.56. The maximum atomic E-state index is 12.7. The van der Waals surface area contributed by atoms with E-state index in [2.05, 4.69) is 5.32 Å². The summed E-state index contributed by atoms with van der Waals surface area (Å²) in [4.78, 5) is 24.1. The van der Waals surface area contributed by atoms with Gasteiger partial charge < -0.3 is 5.32 Å². The van der Waals surface area contributed by atoms with Gasteiger partial charge in [-0.15, -0.1) is 0 Å². The van der Waals surface area contributed by atoms with Crippen LogP contribution in [0.1, 0.15) is 26.7 Å². The number of hydrogen-bond donors (Lipinski definition) is 1. The smallest absolute Gasteiger partial charge is 0.238 e. The number of halogens is 1. The molecule has 0 saturated heterocycles. The first-order chi connectivity index (χ1) is 8.45. The number of ketones is 1. The van der Waals surface area contributed by atoms with Crippen molar-refractivity contribution in [3.8, 4) is 0 Å². The molecule has 4 heteroatoms. The highest BCUT2D eigenvalue weighted by molar-refractivity contribution is 6.14. The Balaban J connectivity index is 2.09. The summed E-state index contributed by atoms with van der Waals surface area (Å²) in [6.07, 6.45) is 1.22. The molecular weight excluding hydrogens is 233 g/mol. The Hall–Kier alpha value is -1.71. The van der Waals surface area contributed by atoms with E-state index >= 15 is 0 Å². The fourth-order valence-electron chi connectivity index (χ4n) is 2.05. The predicted octanol–water partition coefficient (Wildman–Crippen LogP) is 2.77. The highest BCUT2D eigenvalue weighted by Crippen LogP contribution is 2.49. The van der Waals surface area contributed by atoms with Crippen LogP contribution in [0.5, 0.6) is 0 Å². The van der Waals surface area contributed by atoms with Gasteiger partial charge in [0.05, 0.1) is 0 Å². The zero-order valence-corrected chi connectivity index (χ0v) is 10.5. The van der Waals surface area contributed by atoms with Crippen molar-refractivity contribution in [3.05, 3.63) is 30.1 Å². The molecule has 1 N–H and O–H groups in total. The molecule has 1 aliphatic rings. The molecular formula is C14H16FNO2. The summed E-state index contributed by atoms with van der Waals surface area (Å²) in [5.41, 5.74) is -0.327. The maximum absolute atomic E-state index is 12.7. The molecule has 0 heterocycles. The number of nitrogens with one attached hydrogen (secondary N) is 1. The molecule has 1 amide bonds. The summed E-state index contributed by atoms with van der Waals surface area (Å²) in [6, 6.07) is 5.53. The lowest BCUT2D eigenvalue weighted by Gasteiger charge is -2.16. The van der Waals surface area contributed by atoms with Gasteiger partial charge in [0, 0.05) is 11.6 Å². The van der Waals surface area contributed by atoms with Gasteiger partial charge >= 0.3 is 0 Å². The van der Waals surface area contributed by atoms with Gasteiger partial charge in [-0.05, 0) is 37.1 Å². The molecule has 96 valence electrons. The monoisotopic (exact) mass is 249 g/mol. The Morgan fingerprint density at radius 2 is 1.78 bits per heavy atom. The van der Waals surface area contributed by atoms with E-state index in [0.29, 0.717) is 18.5 Å². The fourth-order valence-corrected chi connectivity index (χ4v) is 2.05. The number of amides is 1.